The van der Waals surface area contributed by atoms with Gasteiger partial charge in [-0.15, -0.1) is 0 Å². The Morgan fingerprint density at radius 3 is 2.50 bits per heavy atom. The van der Waals surface area contributed by atoms with Crippen LogP contribution in [0.2, 0.25) is 10.0 Å². The summed E-state index contributed by atoms with van der Waals surface area (Å²) in [5.74, 6) is -0.211. The molecule has 2 heterocycles. The van der Waals surface area contributed by atoms with Crippen LogP contribution < -0.4 is 9.04 Å². The molecule has 0 radical (unpaired) electrons. The number of thioether (sulfide) groups is 2. The molecule has 0 aliphatic heterocycles. The minimum atomic E-state index is -4.25. The Bertz CT molecular complexity index is 1300. The van der Waals surface area contributed by atoms with Crippen LogP contribution in [0.25, 0.3) is 0 Å². The Labute approximate surface area is 241 Å². The van der Waals surface area contributed by atoms with Gasteiger partial charge in [-0.2, -0.15) is 11.8 Å². The number of Topliss-reactive ketones (excluding diaryl/α,β-unsaturated/α-hetero) is 1. The number of ketones is 1. The van der Waals surface area contributed by atoms with Gasteiger partial charge < -0.3 is 9.47 Å². The predicted molar refractivity (Wildman–Crippen MR) is 155 cm³/mol. The van der Waals surface area contributed by atoms with Crippen LogP contribution in [0.4, 0.5) is 5.82 Å². The van der Waals surface area contributed by atoms with Crippen molar-refractivity contribution in [1.29, 1.82) is 0 Å². The van der Waals surface area contributed by atoms with Crippen molar-refractivity contribution in [3.63, 3.8) is 0 Å². The third-order valence-corrected chi connectivity index (χ3v) is 8.09. The van der Waals surface area contributed by atoms with E-state index in [1.165, 1.54) is 37.7 Å². The van der Waals surface area contributed by atoms with Crippen molar-refractivity contribution < 1.29 is 22.7 Å². The highest BCUT2D eigenvalue weighted by Gasteiger charge is 2.32. The number of pyridine rings is 1. The molecule has 3 rings (SSSR count). The maximum absolute atomic E-state index is 13.5. The van der Waals surface area contributed by atoms with Crippen molar-refractivity contribution in [2.75, 3.05) is 43.0 Å². The van der Waals surface area contributed by atoms with Crippen molar-refractivity contribution in [2.24, 2.45) is 0 Å². The number of carbonyl (C=O) groups excluding carboxylic acids is 1. The molecule has 206 valence electrons. The lowest BCUT2D eigenvalue weighted by atomic mass is 10.2. The van der Waals surface area contributed by atoms with Crippen molar-refractivity contribution in [2.45, 2.75) is 23.3 Å². The van der Waals surface area contributed by atoms with Gasteiger partial charge in [-0.1, -0.05) is 48.0 Å². The van der Waals surface area contributed by atoms with Gasteiger partial charge in [0.05, 0.1) is 29.1 Å². The molecule has 2 aromatic heterocycles. The number of hydrogen-bond acceptors (Lipinski definition) is 10. The lowest BCUT2D eigenvalue weighted by Gasteiger charge is -2.24. The first kappa shape index (κ1) is 32.1. The maximum Gasteiger partial charge on any atom is 0.269 e. The summed E-state index contributed by atoms with van der Waals surface area (Å²) >= 11 is 15.1. The fourth-order valence-electron chi connectivity index (χ4n) is 2.82. The molecule has 0 fully saturated rings. The molecule has 0 amide bonds. The molecular formula is C24H28Cl2N4O5S3. The number of halogens is 2. The maximum atomic E-state index is 13.5. The summed E-state index contributed by atoms with van der Waals surface area (Å²) in [4.78, 5) is 24.7. The highest BCUT2D eigenvalue weighted by Crippen LogP contribution is 2.35. The summed E-state index contributed by atoms with van der Waals surface area (Å²) in [6.45, 7) is 1.86. The smallest absolute Gasteiger partial charge is 0.269 e. The number of methoxy groups -OCH3 is 1. The van der Waals surface area contributed by atoms with E-state index in [2.05, 4.69) is 15.0 Å². The van der Waals surface area contributed by atoms with E-state index in [-0.39, 0.29) is 44.9 Å². The van der Waals surface area contributed by atoms with Gasteiger partial charge in [0, 0.05) is 24.6 Å². The predicted octanol–water partition coefficient (Wildman–Crippen LogP) is 5.72. The number of ether oxygens (including phenoxy) is 2. The lowest BCUT2D eigenvalue weighted by Crippen LogP contribution is -2.35. The van der Waals surface area contributed by atoms with Crippen LogP contribution in [-0.2, 0) is 14.8 Å². The summed E-state index contributed by atoms with van der Waals surface area (Å²) in [5.41, 5.74) is 0.472. The third-order valence-electron chi connectivity index (χ3n) is 4.51. The van der Waals surface area contributed by atoms with Gasteiger partial charge in [-0.3, -0.25) is 9.78 Å². The Kier molecular flexibility index (Phi) is 13.6. The first-order valence-corrected chi connectivity index (χ1v) is 15.9. The second kappa shape index (κ2) is 16.1. The van der Waals surface area contributed by atoms with Crippen LogP contribution in [-0.4, -0.2) is 67.9 Å². The number of carbonyl (C=O) groups is 1. The van der Waals surface area contributed by atoms with Crippen molar-refractivity contribution >= 4 is 68.4 Å². The molecule has 0 spiro atoms. The highest BCUT2D eigenvalue weighted by molar-refractivity contribution is 8.00. The number of nitrogens with zero attached hydrogens (tertiary/aromatic N) is 4. The monoisotopic (exact) mass is 618 g/mol. The summed E-state index contributed by atoms with van der Waals surface area (Å²) < 4.78 is 38.9. The molecule has 9 nitrogen and oxygen atoms in total. The Hall–Kier alpha value is -2.09. The molecule has 0 aliphatic carbocycles. The minimum absolute atomic E-state index is 0.0642. The topological polar surface area (TPSA) is 112 Å². The molecule has 14 heteroatoms. The van der Waals surface area contributed by atoms with E-state index in [0.717, 1.165) is 16.1 Å². The number of rotatable bonds is 12. The van der Waals surface area contributed by atoms with Crippen LogP contribution in [0, 0.1) is 0 Å². The zero-order valence-electron chi connectivity index (χ0n) is 21.3. The molecule has 0 aliphatic rings. The minimum Gasteiger partial charge on any atom is -0.478 e. The number of hydrogen-bond donors (Lipinski definition) is 0. The van der Waals surface area contributed by atoms with Crippen LogP contribution in [0.5, 0.6) is 5.88 Å². The third kappa shape index (κ3) is 8.72. The molecule has 0 saturated heterocycles. The molecular weight excluding hydrogens is 591 g/mol. The highest BCUT2D eigenvalue weighted by atomic mass is 35.5. The molecule has 0 unspecified atom stereocenters. The number of benzene rings is 1. The SMILES string of the molecule is CCCOCN(c1ncc(SCC(=O)c2cccnc2)nc1OC)S(=O)(=O)c1cccc(Cl)c1Cl.CSC. The second-order valence-electron chi connectivity index (χ2n) is 7.35. The molecule has 38 heavy (non-hydrogen) atoms. The number of anilines is 1. The van der Waals surface area contributed by atoms with E-state index in [0.29, 0.717) is 23.6 Å². The molecule has 3 aromatic rings. The van der Waals surface area contributed by atoms with Crippen LogP contribution >= 0.6 is 46.7 Å². The average Bonchev–Trinajstić information content (AvgIpc) is 2.92. The van der Waals surface area contributed by atoms with Crippen LogP contribution in [0.15, 0.2) is 58.8 Å². The number of sulfonamides is 1. The van der Waals surface area contributed by atoms with Crippen molar-refractivity contribution in [3.05, 3.63) is 64.5 Å². The average molecular weight is 620 g/mol. The van der Waals surface area contributed by atoms with Crippen LogP contribution in [0.1, 0.15) is 23.7 Å². The van der Waals surface area contributed by atoms with Gasteiger partial charge in [-0.25, -0.2) is 22.7 Å². The fourth-order valence-corrected chi connectivity index (χ4v) is 5.58. The Morgan fingerprint density at radius 2 is 1.87 bits per heavy atom. The van der Waals surface area contributed by atoms with E-state index in [9.17, 15) is 13.2 Å². The van der Waals surface area contributed by atoms with E-state index < -0.39 is 10.0 Å². The van der Waals surface area contributed by atoms with E-state index in [1.54, 1.807) is 30.1 Å². The molecule has 0 bridgehead atoms. The Morgan fingerprint density at radius 1 is 1.13 bits per heavy atom. The second-order valence-corrected chi connectivity index (χ2v) is 11.8. The molecule has 0 saturated carbocycles. The van der Waals surface area contributed by atoms with E-state index in [1.807, 2.05) is 19.4 Å². The Balaban J connectivity index is 0.00000161. The van der Waals surface area contributed by atoms with Gasteiger partial charge in [0.25, 0.3) is 15.9 Å². The van der Waals surface area contributed by atoms with Crippen molar-refractivity contribution in [3.8, 4) is 5.88 Å². The summed E-state index contributed by atoms with van der Waals surface area (Å²) in [6, 6.07) is 7.65. The summed E-state index contributed by atoms with van der Waals surface area (Å²) in [6.07, 6.45) is 9.19. The quantitative estimate of drug-likeness (QED) is 0.108. The van der Waals surface area contributed by atoms with Gasteiger partial charge in [0.15, 0.2) is 5.78 Å². The van der Waals surface area contributed by atoms with Gasteiger partial charge in [-0.05, 0) is 43.2 Å². The summed E-state index contributed by atoms with van der Waals surface area (Å²) in [7, 11) is -2.91. The first-order chi connectivity index (χ1) is 18.2. The molecule has 1 aromatic carbocycles. The lowest BCUT2D eigenvalue weighted by molar-refractivity contribution is 0.102. The standard InChI is InChI=1S/C22H22Cl2N4O5S2.C2H6S/c1-3-10-33-14-28(35(30,31)18-8-4-7-16(23)20(18)24)21-22(32-2)27-19(12-26-21)34-13-17(29)15-6-5-9-25-11-15;1-3-2/h4-9,11-12H,3,10,13-14H2,1-2H3;1-2H3. The molecule has 0 atom stereocenters. The van der Waals surface area contributed by atoms with E-state index >= 15 is 0 Å². The van der Waals surface area contributed by atoms with Gasteiger partial charge >= 0.3 is 0 Å². The fraction of sp³-hybridized carbons (Fsp3) is 0.333. The molecule has 0 N–H and O–H groups in total. The van der Waals surface area contributed by atoms with Gasteiger partial charge in [0.2, 0.25) is 5.82 Å². The van der Waals surface area contributed by atoms with Gasteiger partial charge in [0.1, 0.15) is 16.7 Å². The largest absolute Gasteiger partial charge is 0.478 e. The number of aromatic nitrogens is 3. The first-order valence-electron chi connectivity index (χ1n) is 11.1. The van der Waals surface area contributed by atoms with E-state index in [4.69, 9.17) is 32.7 Å². The van der Waals surface area contributed by atoms with Crippen molar-refractivity contribution in [1.82, 2.24) is 15.0 Å². The zero-order chi connectivity index (χ0) is 28.1. The van der Waals surface area contributed by atoms with Crippen LogP contribution in [0.3, 0.4) is 0 Å². The summed E-state index contributed by atoms with van der Waals surface area (Å²) in [5, 5.41) is 0.336. The zero-order valence-corrected chi connectivity index (χ0v) is 25.2. The normalized spacial score (nSPS) is 10.9.